The molecule has 0 aromatic rings. The summed E-state index contributed by atoms with van der Waals surface area (Å²) < 4.78 is 19.7. The lowest BCUT2D eigenvalue weighted by atomic mass is 10.0. The fraction of sp³-hybridized carbons (Fsp3) is 0.893. The van der Waals surface area contributed by atoms with Gasteiger partial charge < -0.3 is 34.7 Å². The van der Waals surface area contributed by atoms with Crippen LogP contribution >= 0.6 is 0 Å². The predicted octanol–water partition coefficient (Wildman–Crippen LogP) is 5.25. The van der Waals surface area contributed by atoms with Crippen molar-refractivity contribution < 1.29 is 38.4 Å². The van der Waals surface area contributed by atoms with Crippen molar-refractivity contribution >= 4 is 18.2 Å². The number of hydrogen-bond acceptors (Lipinski definition) is 8. The number of carbonyl (C=O) groups is 3. The van der Waals surface area contributed by atoms with Gasteiger partial charge in [-0.05, 0) is 6.42 Å². The molecule has 0 saturated carbocycles. The Hall–Kier alpha value is -2.07. The van der Waals surface area contributed by atoms with Crippen LogP contribution in [0.25, 0.3) is 0 Å². The van der Waals surface area contributed by atoms with Crippen molar-refractivity contribution in [2.24, 2.45) is 0 Å². The summed E-state index contributed by atoms with van der Waals surface area (Å²) in [5, 5.41) is 14.0. The monoisotopic (exact) mass is 546 g/mol. The van der Waals surface area contributed by atoms with Crippen molar-refractivity contribution in [3.8, 4) is 0 Å². The van der Waals surface area contributed by atoms with E-state index in [1.807, 2.05) is 0 Å². The van der Waals surface area contributed by atoms with Crippen molar-refractivity contribution in [3.63, 3.8) is 0 Å². The summed E-state index contributed by atoms with van der Waals surface area (Å²) in [4.78, 5) is 35.0. The van der Waals surface area contributed by atoms with E-state index in [-0.39, 0.29) is 13.2 Å². The number of methoxy groups -OCH3 is 2. The maximum Gasteiger partial charge on any atom is 0.408 e. The number of unbranched alkanes of at least 4 members (excludes halogenated alkanes) is 15. The molecular formula is C28H54N2O8. The highest BCUT2D eigenvalue weighted by molar-refractivity contribution is 5.81. The molecule has 0 radical (unpaired) electrons. The molecule has 0 aliphatic carbocycles. The SMILES string of the molecule is CCCCCCCCCCCCCCCCCCNC(=O)OCC(COC(=O)NC(CO)C(=O)OC)OC. The van der Waals surface area contributed by atoms with Gasteiger partial charge in [-0.2, -0.15) is 0 Å². The van der Waals surface area contributed by atoms with Crippen LogP contribution in [0, 0.1) is 0 Å². The molecule has 2 amide bonds. The third-order valence-electron chi connectivity index (χ3n) is 6.39. The van der Waals surface area contributed by atoms with Crippen LogP contribution < -0.4 is 10.6 Å². The molecule has 10 heteroatoms. The fourth-order valence-electron chi connectivity index (χ4n) is 3.94. The average molecular weight is 547 g/mol. The first-order valence-electron chi connectivity index (χ1n) is 14.5. The quantitative estimate of drug-likeness (QED) is 0.0803. The van der Waals surface area contributed by atoms with Crippen LogP contribution in [0.2, 0.25) is 0 Å². The molecule has 0 aliphatic heterocycles. The first-order chi connectivity index (χ1) is 18.5. The molecule has 0 aromatic heterocycles. The first kappa shape index (κ1) is 35.9. The number of aliphatic hydroxyl groups is 1. The van der Waals surface area contributed by atoms with E-state index in [1.54, 1.807) is 0 Å². The van der Waals surface area contributed by atoms with Gasteiger partial charge >= 0.3 is 18.2 Å². The van der Waals surface area contributed by atoms with Crippen molar-refractivity contribution in [1.82, 2.24) is 10.6 Å². The Labute approximate surface area is 229 Å². The molecule has 0 spiro atoms. The Morgan fingerprint density at radius 3 is 1.55 bits per heavy atom. The second-order valence-corrected chi connectivity index (χ2v) is 9.69. The van der Waals surface area contributed by atoms with E-state index >= 15 is 0 Å². The highest BCUT2D eigenvalue weighted by Gasteiger charge is 2.22. The number of hydrogen-bond donors (Lipinski definition) is 3. The lowest BCUT2D eigenvalue weighted by Gasteiger charge is -2.18. The number of ether oxygens (including phenoxy) is 4. The van der Waals surface area contributed by atoms with E-state index in [0.717, 1.165) is 20.0 Å². The molecule has 224 valence electrons. The van der Waals surface area contributed by atoms with Crippen LogP contribution in [-0.2, 0) is 23.7 Å². The Morgan fingerprint density at radius 1 is 0.684 bits per heavy atom. The molecule has 0 heterocycles. The maximum absolute atomic E-state index is 11.9. The fourth-order valence-corrected chi connectivity index (χ4v) is 3.94. The van der Waals surface area contributed by atoms with Gasteiger partial charge in [-0.1, -0.05) is 103 Å². The molecule has 0 fully saturated rings. The van der Waals surface area contributed by atoms with E-state index in [1.165, 1.54) is 97.0 Å². The number of alkyl carbamates (subject to hydrolysis) is 2. The number of nitrogens with one attached hydrogen (secondary N) is 2. The molecule has 2 atom stereocenters. The van der Waals surface area contributed by atoms with Crippen molar-refractivity contribution in [1.29, 1.82) is 0 Å². The molecule has 0 bridgehead atoms. The third kappa shape index (κ3) is 22.0. The van der Waals surface area contributed by atoms with E-state index in [4.69, 9.17) is 19.3 Å². The number of esters is 1. The largest absolute Gasteiger partial charge is 0.467 e. The number of aliphatic hydroxyl groups excluding tert-OH is 1. The van der Waals surface area contributed by atoms with Crippen molar-refractivity contribution in [3.05, 3.63) is 0 Å². The van der Waals surface area contributed by atoms with Gasteiger partial charge in [-0.25, -0.2) is 14.4 Å². The second-order valence-electron chi connectivity index (χ2n) is 9.69. The molecule has 2 unspecified atom stereocenters. The zero-order valence-corrected chi connectivity index (χ0v) is 24.1. The smallest absolute Gasteiger partial charge is 0.408 e. The van der Waals surface area contributed by atoms with E-state index in [2.05, 4.69) is 22.3 Å². The lowest BCUT2D eigenvalue weighted by Crippen LogP contribution is -2.45. The number of rotatable bonds is 25. The van der Waals surface area contributed by atoms with Crippen LogP contribution in [0.15, 0.2) is 0 Å². The summed E-state index contributed by atoms with van der Waals surface area (Å²) in [6.45, 7) is 1.88. The summed E-state index contributed by atoms with van der Waals surface area (Å²) in [6.07, 6.45) is 18.6. The van der Waals surface area contributed by atoms with E-state index < -0.39 is 36.9 Å². The third-order valence-corrected chi connectivity index (χ3v) is 6.39. The number of amides is 2. The molecule has 3 N–H and O–H groups in total. The van der Waals surface area contributed by atoms with Gasteiger partial charge in [0.2, 0.25) is 0 Å². The molecule has 0 aromatic carbocycles. The van der Waals surface area contributed by atoms with Gasteiger partial charge in [0.15, 0.2) is 6.04 Å². The van der Waals surface area contributed by atoms with Gasteiger partial charge in [0.05, 0.1) is 13.7 Å². The van der Waals surface area contributed by atoms with E-state index in [9.17, 15) is 14.4 Å². The Balaban J connectivity index is 3.60. The molecular weight excluding hydrogens is 492 g/mol. The van der Waals surface area contributed by atoms with Gasteiger partial charge in [0.1, 0.15) is 19.3 Å². The van der Waals surface area contributed by atoms with Crippen molar-refractivity contribution in [2.45, 2.75) is 122 Å². The molecule has 0 aliphatic rings. The minimum atomic E-state index is -1.22. The Bertz CT molecular complexity index is 591. The first-order valence-corrected chi connectivity index (χ1v) is 14.5. The standard InChI is InChI=1S/C28H54N2O8/c1-4-5-6-7-8-9-10-11-12-13-14-15-16-17-18-19-20-29-27(33)37-22-24(35-2)23-38-28(34)30-25(21-31)26(32)36-3/h24-25,31H,4-23H2,1-3H3,(H,29,33)(H,30,34). The minimum Gasteiger partial charge on any atom is -0.467 e. The minimum absolute atomic E-state index is 0.102. The van der Waals surface area contributed by atoms with Gasteiger partial charge in [-0.3, -0.25) is 0 Å². The zero-order valence-electron chi connectivity index (χ0n) is 24.1. The summed E-state index contributed by atoms with van der Waals surface area (Å²) in [7, 11) is 2.54. The van der Waals surface area contributed by atoms with Crippen LogP contribution in [0.3, 0.4) is 0 Å². The molecule has 0 rings (SSSR count). The van der Waals surface area contributed by atoms with Gasteiger partial charge in [0.25, 0.3) is 0 Å². The maximum atomic E-state index is 11.9. The topological polar surface area (TPSA) is 132 Å². The summed E-state index contributed by atoms with van der Waals surface area (Å²) in [5.74, 6) is -0.794. The van der Waals surface area contributed by atoms with E-state index in [0.29, 0.717) is 6.54 Å². The predicted molar refractivity (Wildman–Crippen MR) is 147 cm³/mol. The van der Waals surface area contributed by atoms with Gasteiger partial charge in [-0.15, -0.1) is 0 Å². The molecule has 38 heavy (non-hydrogen) atoms. The van der Waals surface area contributed by atoms with Gasteiger partial charge in [0, 0.05) is 13.7 Å². The highest BCUT2D eigenvalue weighted by Crippen LogP contribution is 2.13. The number of carbonyl (C=O) groups excluding carboxylic acids is 3. The Kier molecular flexibility index (Phi) is 25.1. The Morgan fingerprint density at radius 2 is 1.13 bits per heavy atom. The zero-order chi connectivity index (χ0) is 28.3. The highest BCUT2D eigenvalue weighted by atomic mass is 16.6. The summed E-state index contributed by atoms with van der Waals surface area (Å²) in [5.41, 5.74) is 0. The van der Waals surface area contributed by atoms with Crippen LogP contribution in [0.5, 0.6) is 0 Å². The van der Waals surface area contributed by atoms with Crippen LogP contribution in [-0.4, -0.2) is 76.0 Å². The summed E-state index contributed by atoms with van der Waals surface area (Å²) >= 11 is 0. The lowest BCUT2D eigenvalue weighted by molar-refractivity contribution is -0.144. The van der Waals surface area contributed by atoms with Crippen molar-refractivity contribution in [2.75, 3.05) is 40.6 Å². The van der Waals surface area contributed by atoms with Crippen LogP contribution in [0.1, 0.15) is 110 Å². The normalized spacial score (nSPS) is 12.4. The second kappa shape index (κ2) is 26.5. The average Bonchev–Trinajstić information content (AvgIpc) is 2.92. The molecule has 10 nitrogen and oxygen atoms in total. The summed E-state index contributed by atoms with van der Waals surface area (Å²) in [6, 6.07) is -1.22. The molecule has 0 saturated heterocycles. The van der Waals surface area contributed by atoms with Crippen LogP contribution in [0.4, 0.5) is 9.59 Å².